The summed E-state index contributed by atoms with van der Waals surface area (Å²) in [6.07, 6.45) is 6.49. The van der Waals surface area contributed by atoms with Crippen LogP contribution in [0.5, 0.6) is 0 Å². The second-order valence-corrected chi connectivity index (χ2v) is 6.64. The van der Waals surface area contributed by atoms with Gasteiger partial charge in [-0.25, -0.2) is 4.79 Å². The normalized spacial score (nSPS) is 29.5. The Labute approximate surface area is 112 Å². The Kier molecular flexibility index (Phi) is 4.54. The van der Waals surface area contributed by atoms with Crippen molar-refractivity contribution in [2.45, 2.75) is 56.9 Å². The van der Waals surface area contributed by atoms with Crippen molar-refractivity contribution in [2.75, 3.05) is 5.75 Å². The highest BCUT2D eigenvalue weighted by Gasteiger charge is 2.39. The fourth-order valence-corrected chi connectivity index (χ4v) is 4.14. The van der Waals surface area contributed by atoms with E-state index in [0.717, 1.165) is 12.8 Å². The van der Waals surface area contributed by atoms with Crippen LogP contribution in [0.4, 0.5) is 0 Å². The number of hydrogen-bond acceptors (Lipinski definition) is 3. The van der Waals surface area contributed by atoms with Gasteiger partial charge in [0.1, 0.15) is 6.04 Å². The van der Waals surface area contributed by atoms with Gasteiger partial charge < -0.3 is 10.0 Å². The van der Waals surface area contributed by atoms with Crippen LogP contribution >= 0.6 is 11.8 Å². The lowest BCUT2D eigenvalue weighted by Gasteiger charge is -2.28. The highest BCUT2D eigenvalue weighted by atomic mass is 32.2. The van der Waals surface area contributed by atoms with Crippen LogP contribution in [-0.4, -0.2) is 39.1 Å². The predicted octanol–water partition coefficient (Wildman–Crippen LogP) is 2.33. The van der Waals surface area contributed by atoms with Crippen LogP contribution in [0.1, 0.15) is 45.4 Å². The lowest BCUT2D eigenvalue weighted by Crippen LogP contribution is -2.45. The van der Waals surface area contributed by atoms with Gasteiger partial charge in [-0.15, -0.1) is 11.8 Å². The van der Waals surface area contributed by atoms with E-state index in [4.69, 9.17) is 5.11 Å². The number of aliphatic carboxylic acids is 1. The molecule has 1 N–H and O–H groups in total. The molecule has 2 aliphatic rings. The van der Waals surface area contributed by atoms with E-state index in [1.54, 1.807) is 16.7 Å². The van der Waals surface area contributed by atoms with E-state index in [1.807, 2.05) is 6.92 Å². The summed E-state index contributed by atoms with van der Waals surface area (Å²) in [6, 6.07) is -0.624. The average molecular weight is 271 g/mol. The van der Waals surface area contributed by atoms with Crippen molar-refractivity contribution in [1.82, 2.24) is 4.90 Å². The van der Waals surface area contributed by atoms with Crippen molar-refractivity contribution >= 4 is 23.6 Å². The number of carboxylic acids is 1. The first-order valence-corrected chi connectivity index (χ1v) is 7.80. The number of carbonyl (C=O) groups is 2. The summed E-state index contributed by atoms with van der Waals surface area (Å²) in [7, 11) is 0. The monoisotopic (exact) mass is 271 g/mol. The summed E-state index contributed by atoms with van der Waals surface area (Å²) in [6.45, 7) is 1.92. The van der Waals surface area contributed by atoms with Gasteiger partial charge >= 0.3 is 5.97 Å². The number of thioether (sulfide) groups is 1. The summed E-state index contributed by atoms with van der Waals surface area (Å²) < 4.78 is 0. The molecule has 1 aliphatic heterocycles. The van der Waals surface area contributed by atoms with Crippen LogP contribution in [0.15, 0.2) is 0 Å². The van der Waals surface area contributed by atoms with Crippen LogP contribution in [0.2, 0.25) is 0 Å². The van der Waals surface area contributed by atoms with Crippen LogP contribution in [0.3, 0.4) is 0 Å². The van der Waals surface area contributed by atoms with Crippen LogP contribution in [-0.2, 0) is 9.59 Å². The lowest BCUT2D eigenvalue weighted by atomic mass is 9.86. The van der Waals surface area contributed by atoms with Gasteiger partial charge in [0.2, 0.25) is 5.91 Å². The SMILES string of the molecule is CC1SCC(C(=O)O)N1C(=O)CC1CCCCC1. The molecule has 0 radical (unpaired) electrons. The maximum atomic E-state index is 12.3. The Hall–Kier alpha value is -0.710. The van der Waals surface area contributed by atoms with Gasteiger partial charge in [0.25, 0.3) is 0 Å². The first-order valence-electron chi connectivity index (χ1n) is 6.75. The molecule has 1 amide bonds. The highest BCUT2D eigenvalue weighted by molar-refractivity contribution is 8.00. The second kappa shape index (κ2) is 5.95. The molecule has 0 spiro atoms. The molecule has 4 nitrogen and oxygen atoms in total. The largest absolute Gasteiger partial charge is 0.480 e. The minimum atomic E-state index is -0.871. The highest BCUT2D eigenvalue weighted by Crippen LogP contribution is 2.32. The predicted molar refractivity (Wildman–Crippen MR) is 71.4 cm³/mol. The van der Waals surface area contributed by atoms with Crippen molar-refractivity contribution in [3.63, 3.8) is 0 Å². The van der Waals surface area contributed by atoms with E-state index in [9.17, 15) is 9.59 Å². The zero-order chi connectivity index (χ0) is 13.1. The summed E-state index contributed by atoms with van der Waals surface area (Å²) >= 11 is 1.56. The fraction of sp³-hybridized carbons (Fsp3) is 0.846. The molecular formula is C13H21NO3S. The van der Waals surface area contributed by atoms with Gasteiger partial charge in [-0.05, 0) is 25.7 Å². The molecule has 2 unspecified atom stereocenters. The molecule has 1 aliphatic carbocycles. The van der Waals surface area contributed by atoms with Crippen molar-refractivity contribution in [3.05, 3.63) is 0 Å². The standard InChI is InChI=1S/C13H21NO3S/c1-9-14(11(8-18-9)13(16)17)12(15)7-10-5-3-2-4-6-10/h9-11H,2-8H2,1H3,(H,16,17). The number of nitrogens with zero attached hydrogens (tertiary/aromatic N) is 1. The summed E-state index contributed by atoms with van der Waals surface area (Å²) in [5.74, 6) is 0.154. The van der Waals surface area contributed by atoms with E-state index >= 15 is 0 Å². The van der Waals surface area contributed by atoms with Gasteiger partial charge in [0.15, 0.2) is 0 Å². The average Bonchev–Trinajstić information content (AvgIpc) is 2.72. The molecule has 18 heavy (non-hydrogen) atoms. The summed E-state index contributed by atoms with van der Waals surface area (Å²) in [5.41, 5.74) is 0. The van der Waals surface area contributed by atoms with E-state index in [1.165, 1.54) is 19.3 Å². The van der Waals surface area contributed by atoms with E-state index in [-0.39, 0.29) is 11.3 Å². The van der Waals surface area contributed by atoms with Crippen molar-refractivity contribution < 1.29 is 14.7 Å². The Morgan fingerprint density at radius 1 is 1.28 bits per heavy atom. The Morgan fingerprint density at radius 2 is 1.94 bits per heavy atom. The number of rotatable bonds is 3. The fourth-order valence-electron chi connectivity index (χ4n) is 2.95. The molecule has 2 atom stereocenters. The minimum Gasteiger partial charge on any atom is -0.480 e. The molecule has 0 aromatic rings. The summed E-state index contributed by atoms with van der Waals surface area (Å²) in [4.78, 5) is 25.0. The van der Waals surface area contributed by atoms with Gasteiger partial charge in [-0.1, -0.05) is 19.3 Å². The molecule has 2 fully saturated rings. The number of amides is 1. The van der Waals surface area contributed by atoms with E-state index in [2.05, 4.69) is 0 Å². The molecular weight excluding hydrogens is 250 g/mol. The van der Waals surface area contributed by atoms with Crippen molar-refractivity contribution in [2.24, 2.45) is 5.92 Å². The van der Waals surface area contributed by atoms with E-state index in [0.29, 0.717) is 18.1 Å². The molecule has 1 saturated carbocycles. The third-order valence-electron chi connectivity index (χ3n) is 3.98. The van der Waals surface area contributed by atoms with Gasteiger partial charge in [0.05, 0.1) is 5.37 Å². The maximum Gasteiger partial charge on any atom is 0.327 e. The molecule has 0 bridgehead atoms. The van der Waals surface area contributed by atoms with Crippen LogP contribution in [0, 0.1) is 5.92 Å². The molecule has 0 aromatic heterocycles. The van der Waals surface area contributed by atoms with Crippen LogP contribution < -0.4 is 0 Å². The lowest BCUT2D eigenvalue weighted by molar-refractivity contribution is -0.149. The quantitative estimate of drug-likeness (QED) is 0.856. The third-order valence-corrected chi connectivity index (χ3v) is 5.20. The number of carboxylic acid groups (broad SMARTS) is 1. The number of hydrogen-bond donors (Lipinski definition) is 1. The van der Waals surface area contributed by atoms with Crippen molar-refractivity contribution in [3.8, 4) is 0 Å². The Balaban J connectivity index is 1.95. The smallest absolute Gasteiger partial charge is 0.327 e. The Bertz CT molecular complexity index is 328. The number of carbonyl (C=O) groups excluding carboxylic acids is 1. The van der Waals surface area contributed by atoms with Gasteiger partial charge in [-0.3, -0.25) is 4.79 Å². The zero-order valence-electron chi connectivity index (χ0n) is 10.8. The molecule has 0 aromatic carbocycles. The third kappa shape index (κ3) is 2.99. The first kappa shape index (κ1) is 13.7. The van der Waals surface area contributed by atoms with Crippen LogP contribution in [0.25, 0.3) is 0 Å². The molecule has 102 valence electrons. The maximum absolute atomic E-state index is 12.3. The zero-order valence-corrected chi connectivity index (χ0v) is 11.6. The minimum absolute atomic E-state index is 0.00203. The Morgan fingerprint density at radius 3 is 2.56 bits per heavy atom. The summed E-state index contributed by atoms with van der Waals surface area (Å²) in [5, 5.41) is 9.15. The molecule has 1 heterocycles. The molecule has 2 rings (SSSR count). The second-order valence-electron chi connectivity index (χ2n) is 5.30. The van der Waals surface area contributed by atoms with E-state index < -0.39 is 12.0 Å². The van der Waals surface area contributed by atoms with Gasteiger partial charge in [0, 0.05) is 12.2 Å². The topological polar surface area (TPSA) is 57.6 Å². The molecule has 5 heteroatoms. The van der Waals surface area contributed by atoms with Gasteiger partial charge in [-0.2, -0.15) is 0 Å². The van der Waals surface area contributed by atoms with Crippen molar-refractivity contribution in [1.29, 1.82) is 0 Å². The first-order chi connectivity index (χ1) is 8.59. The molecule has 1 saturated heterocycles.